The van der Waals surface area contributed by atoms with Gasteiger partial charge in [0.1, 0.15) is 0 Å². The first-order valence-corrected chi connectivity index (χ1v) is 6.35. The Balaban J connectivity index is 1.85. The van der Waals surface area contributed by atoms with Crippen LogP contribution < -0.4 is 5.48 Å². The SMILES string of the molecule is CONC(=O)C1CC(=O)N(CCc2ccccc2)C1. The number of hydrogen-bond acceptors (Lipinski definition) is 3. The number of likely N-dealkylation sites (tertiary alicyclic amines) is 1. The Hall–Kier alpha value is -1.88. The quantitative estimate of drug-likeness (QED) is 0.797. The van der Waals surface area contributed by atoms with Gasteiger partial charge in [-0.15, -0.1) is 0 Å². The largest absolute Gasteiger partial charge is 0.342 e. The van der Waals surface area contributed by atoms with Gasteiger partial charge in [0.25, 0.3) is 0 Å². The van der Waals surface area contributed by atoms with Crippen LogP contribution in [-0.2, 0) is 20.8 Å². The fourth-order valence-electron chi connectivity index (χ4n) is 2.26. The van der Waals surface area contributed by atoms with Gasteiger partial charge >= 0.3 is 0 Å². The molecule has 0 saturated carbocycles. The summed E-state index contributed by atoms with van der Waals surface area (Å²) < 4.78 is 0. The van der Waals surface area contributed by atoms with Gasteiger partial charge in [-0.3, -0.25) is 14.4 Å². The van der Waals surface area contributed by atoms with Crippen molar-refractivity contribution in [2.75, 3.05) is 20.2 Å². The molecular formula is C14H18N2O3. The average molecular weight is 262 g/mol. The lowest BCUT2D eigenvalue weighted by Gasteiger charge is -2.16. The summed E-state index contributed by atoms with van der Waals surface area (Å²) in [4.78, 5) is 29.7. The standard InChI is InChI=1S/C14H18N2O3/c1-19-15-14(18)12-9-13(17)16(10-12)8-7-11-5-3-2-4-6-11/h2-6,12H,7-10H2,1H3,(H,15,18). The molecule has 102 valence electrons. The van der Waals surface area contributed by atoms with Crippen molar-refractivity contribution in [3.8, 4) is 0 Å². The van der Waals surface area contributed by atoms with Gasteiger partial charge in [-0.2, -0.15) is 0 Å². The van der Waals surface area contributed by atoms with E-state index in [1.54, 1.807) is 4.90 Å². The van der Waals surface area contributed by atoms with Crippen LogP contribution in [-0.4, -0.2) is 36.9 Å². The van der Waals surface area contributed by atoms with Gasteiger partial charge < -0.3 is 4.90 Å². The molecule has 1 atom stereocenters. The van der Waals surface area contributed by atoms with Crippen LogP contribution in [0.15, 0.2) is 30.3 Å². The van der Waals surface area contributed by atoms with Crippen LogP contribution in [0.2, 0.25) is 0 Å². The number of hydroxylamine groups is 1. The molecule has 1 unspecified atom stereocenters. The lowest BCUT2D eigenvalue weighted by atomic mass is 10.1. The van der Waals surface area contributed by atoms with Crippen molar-refractivity contribution in [2.45, 2.75) is 12.8 Å². The Morgan fingerprint density at radius 1 is 1.42 bits per heavy atom. The Morgan fingerprint density at radius 3 is 2.84 bits per heavy atom. The number of benzene rings is 1. The highest BCUT2D eigenvalue weighted by Gasteiger charge is 2.33. The van der Waals surface area contributed by atoms with Crippen LogP contribution in [0.1, 0.15) is 12.0 Å². The zero-order valence-corrected chi connectivity index (χ0v) is 11.0. The zero-order valence-electron chi connectivity index (χ0n) is 11.0. The van der Waals surface area contributed by atoms with Crippen molar-refractivity contribution in [2.24, 2.45) is 5.92 Å². The molecule has 5 nitrogen and oxygen atoms in total. The molecule has 1 aliphatic heterocycles. The lowest BCUT2D eigenvalue weighted by Crippen LogP contribution is -2.33. The normalized spacial score (nSPS) is 18.7. The summed E-state index contributed by atoms with van der Waals surface area (Å²) in [7, 11) is 1.39. The first kappa shape index (κ1) is 13.5. The molecule has 0 radical (unpaired) electrons. The number of carbonyl (C=O) groups is 2. The second-order valence-corrected chi connectivity index (χ2v) is 4.65. The van der Waals surface area contributed by atoms with E-state index in [9.17, 15) is 9.59 Å². The highest BCUT2D eigenvalue weighted by Crippen LogP contribution is 2.18. The molecule has 1 aromatic carbocycles. The van der Waals surface area contributed by atoms with Gasteiger partial charge in [-0.1, -0.05) is 30.3 Å². The Labute approximate surface area is 112 Å². The number of nitrogens with zero attached hydrogens (tertiary/aromatic N) is 1. The van der Waals surface area contributed by atoms with E-state index in [1.165, 1.54) is 12.7 Å². The minimum Gasteiger partial charge on any atom is -0.342 e. The fraction of sp³-hybridized carbons (Fsp3) is 0.429. The van der Waals surface area contributed by atoms with Gasteiger partial charge in [0.05, 0.1) is 13.0 Å². The van der Waals surface area contributed by atoms with Crippen LogP contribution in [0.3, 0.4) is 0 Å². The fourth-order valence-corrected chi connectivity index (χ4v) is 2.26. The first-order valence-electron chi connectivity index (χ1n) is 6.35. The topological polar surface area (TPSA) is 58.6 Å². The van der Waals surface area contributed by atoms with Crippen molar-refractivity contribution in [3.05, 3.63) is 35.9 Å². The lowest BCUT2D eigenvalue weighted by molar-refractivity contribution is -0.135. The summed E-state index contributed by atoms with van der Waals surface area (Å²) in [5.41, 5.74) is 3.48. The molecule has 1 N–H and O–H groups in total. The molecule has 1 saturated heterocycles. The molecule has 19 heavy (non-hydrogen) atoms. The van der Waals surface area contributed by atoms with Crippen molar-refractivity contribution in [1.29, 1.82) is 0 Å². The van der Waals surface area contributed by atoms with E-state index < -0.39 is 0 Å². The van der Waals surface area contributed by atoms with Gasteiger partial charge in [-0.25, -0.2) is 5.48 Å². The van der Waals surface area contributed by atoms with Crippen LogP contribution >= 0.6 is 0 Å². The smallest absolute Gasteiger partial charge is 0.248 e. The maximum Gasteiger partial charge on any atom is 0.248 e. The van der Waals surface area contributed by atoms with Crippen molar-refractivity contribution >= 4 is 11.8 Å². The maximum atomic E-state index is 11.8. The van der Waals surface area contributed by atoms with Gasteiger partial charge in [0.2, 0.25) is 11.8 Å². The predicted octanol–water partition coefficient (Wildman–Crippen LogP) is 0.755. The molecule has 0 spiro atoms. The molecule has 1 aliphatic rings. The molecule has 2 rings (SSSR count). The van der Waals surface area contributed by atoms with E-state index >= 15 is 0 Å². The number of rotatable bonds is 5. The van der Waals surface area contributed by atoms with Gasteiger partial charge in [0, 0.05) is 19.5 Å². The predicted molar refractivity (Wildman–Crippen MR) is 70.0 cm³/mol. The number of amides is 2. The van der Waals surface area contributed by atoms with E-state index in [0.29, 0.717) is 13.1 Å². The van der Waals surface area contributed by atoms with E-state index in [-0.39, 0.29) is 24.2 Å². The summed E-state index contributed by atoms with van der Waals surface area (Å²) >= 11 is 0. The minimum absolute atomic E-state index is 0.0344. The van der Waals surface area contributed by atoms with E-state index in [0.717, 1.165) is 6.42 Å². The summed E-state index contributed by atoms with van der Waals surface area (Å²) in [6.45, 7) is 1.13. The Bertz CT molecular complexity index is 447. The third kappa shape index (κ3) is 3.54. The second-order valence-electron chi connectivity index (χ2n) is 4.65. The van der Waals surface area contributed by atoms with Crippen molar-refractivity contribution in [1.82, 2.24) is 10.4 Å². The van der Waals surface area contributed by atoms with Crippen LogP contribution in [0.25, 0.3) is 0 Å². The highest BCUT2D eigenvalue weighted by molar-refractivity contribution is 5.88. The molecule has 0 bridgehead atoms. The monoisotopic (exact) mass is 262 g/mol. The van der Waals surface area contributed by atoms with Crippen LogP contribution in [0, 0.1) is 5.92 Å². The van der Waals surface area contributed by atoms with Crippen molar-refractivity contribution in [3.63, 3.8) is 0 Å². The first-order chi connectivity index (χ1) is 9.20. The summed E-state index contributed by atoms with van der Waals surface area (Å²) in [6, 6.07) is 10.0. The van der Waals surface area contributed by atoms with Crippen LogP contribution in [0.5, 0.6) is 0 Å². The maximum absolute atomic E-state index is 11.8. The molecule has 0 aliphatic carbocycles. The molecule has 1 aromatic rings. The minimum atomic E-state index is -0.303. The highest BCUT2D eigenvalue weighted by atomic mass is 16.6. The molecule has 5 heteroatoms. The number of nitrogens with one attached hydrogen (secondary N) is 1. The molecular weight excluding hydrogens is 244 g/mol. The Morgan fingerprint density at radius 2 is 2.16 bits per heavy atom. The van der Waals surface area contributed by atoms with Crippen molar-refractivity contribution < 1.29 is 14.4 Å². The van der Waals surface area contributed by atoms with E-state index in [4.69, 9.17) is 0 Å². The molecule has 1 fully saturated rings. The molecule has 1 heterocycles. The van der Waals surface area contributed by atoms with E-state index in [2.05, 4.69) is 10.3 Å². The van der Waals surface area contributed by atoms with Gasteiger partial charge in [-0.05, 0) is 12.0 Å². The van der Waals surface area contributed by atoms with Crippen LogP contribution in [0.4, 0.5) is 0 Å². The summed E-state index contributed by atoms with van der Waals surface area (Å²) in [5, 5.41) is 0. The number of carbonyl (C=O) groups excluding carboxylic acids is 2. The van der Waals surface area contributed by atoms with Gasteiger partial charge in [0.15, 0.2) is 0 Å². The zero-order chi connectivity index (χ0) is 13.7. The molecule has 0 aromatic heterocycles. The summed E-state index contributed by atoms with van der Waals surface area (Å²) in [6.07, 6.45) is 1.08. The number of hydrogen-bond donors (Lipinski definition) is 1. The molecule has 2 amide bonds. The van der Waals surface area contributed by atoms with E-state index in [1.807, 2.05) is 30.3 Å². The third-order valence-electron chi connectivity index (χ3n) is 3.30. The second kappa shape index (κ2) is 6.33. The average Bonchev–Trinajstić information content (AvgIpc) is 2.79. The third-order valence-corrected chi connectivity index (χ3v) is 3.30. The summed E-state index contributed by atoms with van der Waals surface area (Å²) in [5.74, 6) is -0.492. The Kier molecular flexibility index (Phi) is 4.52.